The lowest BCUT2D eigenvalue weighted by atomic mass is 10.2. The lowest BCUT2D eigenvalue weighted by molar-refractivity contribution is -0.149. The van der Waals surface area contributed by atoms with Crippen molar-refractivity contribution in [1.29, 1.82) is 0 Å². The maximum Gasteiger partial charge on any atom is 0.370 e. The Labute approximate surface area is 189 Å². The maximum atomic E-state index is 12.8. The molecule has 0 radical (unpaired) electrons. The minimum atomic E-state index is -3.90. The first kappa shape index (κ1) is 26.1. The van der Waals surface area contributed by atoms with E-state index in [9.17, 15) is 23.7 Å². The molecule has 178 valence electrons. The van der Waals surface area contributed by atoms with Crippen LogP contribution in [0.2, 0.25) is 0 Å². The lowest BCUT2D eigenvalue weighted by Gasteiger charge is -2.21. The molecule has 1 heterocycles. The van der Waals surface area contributed by atoms with Crippen molar-refractivity contribution in [3.05, 3.63) is 80.6 Å². The molecule has 1 atom stereocenters. The third-order valence-electron chi connectivity index (χ3n) is 4.57. The highest BCUT2D eigenvalue weighted by molar-refractivity contribution is 7.55. The fraction of sp³-hybridized carbons (Fsp3) is 0.333. The second-order valence-electron chi connectivity index (χ2n) is 6.64. The molecular formula is C21H25N2O9P. The SMILES string of the molecule is COC(=O)C(OC/C=C\Cn1cc(C)c(=O)n(C(=O)c2ccccc2)c1=O)P(=O)(OC)OC. The summed E-state index contributed by atoms with van der Waals surface area (Å²) in [4.78, 5) is 49.8. The maximum absolute atomic E-state index is 12.8. The van der Waals surface area contributed by atoms with E-state index in [1.165, 1.54) is 42.0 Å². The molecule has 0 aliphatic carbocycles. The van der Waals surface area contributed by atoms with Gasteiger partial charge < -0.3 is 18.5 Å². The van der Waals surface area contributed by atoms with Gasteiger partial charge in [-0.3, -0.25) is 18.7 Å². The van der Waals surface area contributed by atoms with Gasteiger partial charge >= 0.3 is 19.3 Å². The van der Waals surface area contributed by atoms with Crippen LogP contribution in [0.15, 0.2) is 58.3 Å². The highest BCUT2D eigenvalue weighted by Gasteiger charge is 2.42. The summed E-state index contributed by atoms with van der Waals surface area (Å²) >= 11 is 0. The van der Waals surface area contributed by atoms with Gasteiger partial charge in [-0.25, -0.2) is 9.59 Å². The average molecular weight is 480 g/mol. The number of hydrogen-bond donors (Lipinski definition) is 0. The molecule has 0 spiro atoms. The van der Waals surface area contributed by atoms with Crippen LogP contribution >= 0.6 is 7.60 Å². The number of ether oxygens (including phenoxy) is 2. The number of methoxy groups -OCH3 is 1. The van der Waals surface area contributed by atoms with Crippen LogP contribution in [0.5, 0.6) is 0 Å². The molecule has 2 aromatic rings. The van der Waals surface area contributed by atoms with Crippen LogP contribution in [0, 0.1) is 6.92 Å². The first-order valence-electron chi connectivity index (χ1n) is 9.68. The van der Waals surface area contributed by atoms with E-state index in [0.29, 0.717) is 4.57 Å². The topological polar surface area (TPSA) is 132 Å². The number of hydrogen-bond acceptors (Lipinski definition) is 9. The third-order valence-corrected chi connectivity index (χ3v) is 6.52. The molecule has 0 N–H and O–H groups in total. The fourth-order valence-electron chi connectivity index (χ4n) is 2.81. The first-order valence-corrected chi connectivity index (χ1v) is 11.3. The van der Waals surface area contributed by atoms with Crippen molar-refractivity contribution in [3.63, 3.8) is 0 Å². The second kappa shape index (κ2) is 11.7. The summed E-state index contributed by atoms with van der Waals surface area (Å²) in [5.41, 5.74) is -1.10. The van der Waals surface area contributed by atoms with E-state index in [4.69, 9.17) is 13.8 Å². The predicted octanol–water partition coefficient (Wildman–Crippen LogP) is 1.56. The third kappa shape index (κ3) is 6.02. The Bertz CT molecular complexity index is 1180. The molecule has 0 fully saturated rings. The van der Waals surface area contributed by atoms with Crippen molar-refractivity contribution < 1.29 is 32.7 Å². The van der Waals surface area contributed by atoms with Crippen LogP contribution < -0.4 is 11.2 Å². The molecule has 11 nitrogen and oxygen atoms in total. The van der Waals surface area contributed by atoms with Crippen molar-refractivity contribution in [3.8, 4) is 0 Å². The predicted molar refractivity (Wildman–Crippen MR) is 118 cm³/mol. The Morgan fingerprint density at radius 3 is 2.27 bits per heavy atom. The number of carbonyl (C=O) groups is 2. The van der Waals surface area contributed by atoms with E-state index < -0.39 is 36.6 Å². The molecule has 0 saturated carbocycles. The van der Waals surface area contributed by atoms with E-state index in [1.807, 2.05) is 0 Å². The van der Waals surface area contributed by atoms with Gasteiger partial charge in [-0.2, -0.15) is 4.57 Å². The Morgan fingerprint density at radius 2 is 1.70 bits per heavy atom. The van der Waals surface area contributed by atoms with Gasteiger partial charge in [0.05, 0.1) is 13.7 Å². The number of benzene rings is 1. The van der Waals surface area contributed by atoms with Crippen molar-refractivity contribution >= 4 is 19.5 Å². The zero-order valence-corrected chi connectivity index (χ0v) is 19.5. The first-order chi connectivity index (χ1) is 15.7. The van der Waals surface area contributed by atoms with E-state index in [1.54, 1.807) is 18.2 Å². The van der Waals surface area contributed by atoms with Gasteiger partial charge in [0.2, 0.25) is 0 Å². The van der Waals surface area contributed by atoms with Crippen LogP contribution in [0.25, 0.3) is 0 Å². The molecule has 1 unspecified atom stereocenters. The number of rotatable bonds is 10. The number of carbonyl (C=O) groups excluding carboxylic acids is 2. The summed E-state index contributed by atoms with van der Waals surface area (Å²) in [6, 6.07) is 7.99. The average Bonchev–Trinajstić information content (AvgIpc) is 2.84. The van der Waals surface area contributed by atoms with Gasteiger partial charge in [0.1, 0.15) is 0 Å². The monoisotopic (exact) mass is 480 g/mol. The number of aryl methyl sites for hydroxylation is 1. The fourth-order valence-corrected chi connectivity index (χ4v) is 3.98. The molecule has 0 aliphatic rings. The number of nitrogens with zero attached hydrogens (tertiary/aromatic N) is 2. The van der Waals surface area contributed by atoms with Crippen molar-refractivity contribution in [2.24, 2.45) is 0 Å². The molecule has 2 rings (SSSR count). The summed E-state index contributed by atoms with van der Waals surface area (Å²) < 4.78 is 33.7. The van der Waals surface area contributed by atoms with Crippen molar-refractivity contribution in [2.45, 2.75) is 19.3 Å². The van der Waals surface area contributed by atoms with Crippen LogP contribution in [0.4, 0.5) is 0 Å². The van der Waals surface area contributed by atoms with Crippen molar-refractivity contribution in [2.75, 3.05) is 27.9 Å². The van der Waals surface area contributed by atoms with Gasteiger partial charge in [-0.05, 0) is 19.1 Å². The van der Waals surface area contributed by atoms with E-state index in [0.717, 1.165) is 21.3 Å². The van der Waals surface area contributed by atoms with Crippen LogP contribution in [-0.2, 0) is 34.4 Å². The number of allylic oxidation sites excluding steroid dienone is 1. The van der Waals surface area contributed by atoms with Gasteiger partial charge in [-0.1, -0.05) is 30.4 Å². The van der Waals surface area contributed by atoms with Crippen LogP contribution in [-0.4, -0.2) is 54.8 Å². The summed E-state index contributed by atoms with van der Waals surface area (Å²) in [5.74, 6) is -3.27. The highest BCUT2D eigenvalue weighted by atomic mass is 31.2. The van der Waals surface area contributed by atoms with Crippen LogP contribution in [0.3, 0.4) is 0 Å². The minimum Gasteiger partial charge on any atom is -0.467 e. The smallest absolute Gasteiger partial charge is 0.370 e. The highest BCUT2D eigenvalue weighted by Crippen LogP contribution is 2.52. The molecule has 0 aliphatic heterocycles. The zero-order chi connectivity index (χ0) is 24.6. The van der Waals surface area contributed by atoms with Crippen LogP contribution in [0.1, 0.15) is 15.9 Å². The second-order valence-corrected chi connectivity index (χ2v) is 8.92. The van der Waals surface area contributed by atoms with E-state index in [2.05, 4.69) is 4.74 Å². The quantitative estimate of drug-likeness (QED) is 0.282. The Kier molecular flexibility index (Phi) is 9.24. The molecule has 33 heavy (non-hydrogen) atoms. The summed E-state index contributed by atoms with van der Waals surface area (Å²) in [7, 11) is -0.575. The Hall–Kier alpha value is -3.11. The Morgan fingerprint density at radius 1 is 1.06 bits per heavy atom. The molecular weight excluding hydrogens is 455 g/mol. The van der Waals surface area contributed by atoms with Crippen molar-refractivity contribution in [1.82, 2.24) is 9.13 Å². The summed E-state index contributed by atoms with van der Waals surface area (Å²) in [5, 5.41) is 0. The summed E-state index contributed by atoms with van der Waals surface area (Å²) in [6.07, 6.45) is 4.31. The molecule has 0 amide bonds. The molecule has 12 heteroatoms. The van der Waals surface area contributed by atoms with Gasteiger partial charge in [0, 0.05) is 38.1 Å². The standard InChI is InChI=1S/C21H25N2O9P/c1-15-14-22(21(27)23(17(15)24)18(25)16-10-6-5-7-11-16)12-8-9-13-32-20(19(26)29-2)33(28,30-3)31-4/h5-11,14,20H,12-13H2,1-4H3/b9-8-. The molecule has 1 aromatic heterocycles. The number of esters is 1. The molecule has 0 saturated heterocycles. The summed E-state index contributed by atoms with van der Waals surface area (Å²) in [6.45, 7) is 1.31. The Balaban J connectivity index is 2.20. The normalized spacial score (nSPS) is 12.6. The molecule has 0 bridgehead atoms. The van der Waals surface area contributed by atoms with Gasteiger partial charge in [-0.15, -0.1) is 0 Å². The van der Waals surface area contributed by atoms with Gasteiger partial charge in [0.15, 0.2) is 0 Å². The van der Waals surface area contributed by atoms with E-state index >= 15 is 0 Å². The molecule has 1 aromatic carbocycles. The van der Waals surface area contributed by atoms with E-state index in [-0.39, 0.29) is 24.3 Å². The lowest BCUT2D eigenvalue weighted by Crippen LogP contribution is -2.44. The van der Waals surface area contributed by atoms with Gasteiger partial charge in [0.25, 0.3) is 17.3 Å². The largest absolute Gasteiger partial charge is 0.467 e. The minimum absolute atomic E-state index is 0.000486. The zero-order valence-electron chi connectivity index (χ0n) is 18.6. The number of aromatic nitrogens is 2.